The highest BCUT2D eigenvalue weighted by Crippen LogP contribution is 2.19. The van der Waals surface area contributed by atoms with Crippen molar-refractivity contribution in [1.82, 2.24) is 5.32 Å². The monoisotopic (exact) mass is 338 g/mol. The zero-order valence-electron chi connectivity index (χ0n) is 14.6. The van der Waals surface area contributed by atoms with E-state index >= 15 is 0 Å². The summed E-state index contributed by atoms with van der Waals surface area (Å²) in [5.41, 5.74) is 2.78. The lowest BCUT2D eigenvalue weighted by Gasteiger charge is -2.10. The lowest BCUT2D eigenvalue weighted by molar-refractivity contribution is -0.111. The Morgan fingerprint density at radius 2 is 1.84 bits per heavy atom. The molecular formula is C20H22N2O3. The number of carbonyl (C=O) groups excluding carboxylic acids is 2. The van der Waals surface area contributed by atoms with E-state index in [1.807, 2.05) is 31.2 Å². The number of carbonyl (C=O) groups is 2. The van der Waals surface area contributed by atoms with Crippen LogP contribution >= 0.6 is 0 Å². The Labute approximate surface area is 147 Å². The maximum Gasteiger partial charge on any atom is 0.251 e. The van der Waals surface area contributed by atoms with Gasteiger partial charge in [0.2, 0.25) is 5.91 Å². The molecule has 0 aliphatic carbocycles. The molecular weight excluding hydrogens is 316 g/mol. The first-order valence-electron chi connectivity index (χ1n) is 8.08. The van der Waals surface area contributed by atoms with E-state index in [1.165, 1.54) is 6.08 Å². The van der Waals surface area contributed by atoms with Crippen LogP contribution in [-0.4, -0.2) is 25.5 Å². The second kappa shape index (κ2) is 8.68. The van der Waals surface area contributed by atoms with Crippen LogP contribution in [-0.2, 0) is 4.79 Å². The largest absolute Gasteiger partial charge is 0.494 e. The minimum Gasteiger partial charge on any atom is -0.494 e. The van der Waals surface area contributed by atoms with E-state index < -0.39 is 0 Å². The lowest BCUT2D eigenvalue weighted by atomic mass is 10.1. The number of hydrogen-bond donors (Lipinski definition) is 2. The molecule has 25 heavy (non-hydrogen) atoms. The smallest absolute Gasteiger partial charge is 0.251 e. The van der Waals surface area contributed by atoms with Crippen LogP contribution in [0.5, 0.6) is 5.75 Å². The highest BCUT2D eigenvalue weighted by atomic mass is 16.5. The van der Waals surface area contributed by atoms with Crippen molar-refractivity contribution in [3.63, 3.8) is 0 Å². The molecule has 5 nitrogen and oxygen atoms in total. The zero-order chi connectivity index (χ0) is 18.2. The van der Waals surface area contributed by atoms with Crippen LogP contribution in [0.4, 0.5) is 5.69 Å². The standard InChI is InChI=1S/C20H22N2O3/c1-4-25-16-11-8-15(9-12-16)10-13-19(23)22-18-7-5-6-17(14(18)2)20(24)21-3/h5-13H,4H2,1-3H3,(H,21,24)(H,22,23)/b13-10+. The molecule has 5 heteroatoms. The van der Waals surface area contributed by atoms with Crippen LogP contribution in [0, 0.1) is 6.92 Å². The molecule has 2 rings (SSSR count). The average molecular weight is 338 g/mol. The van der Waals surface area contributed by atoms with Crippen LogP contribution in [0.3, 0.4) is 0 Å². The van der Waals surface area contributed by atoms with Gasteiger partial charge in [-0.1, -0.05) is 18.2 Å². The molecule has 0 heterocycles. The number of anilines is 1. The van der Waals surface area contributed by atoms with E-state index in [0.29, 0.717) is 17.9 Å². The van der Waals surface area contributed by atoms with Crippen LogP contribution in [0.1, 0.15) is 28.4 Å². The van der Waals surface area contributed by atoms with Crippen molar-refractivity contribution in [2.45, 2.75) is 13.8 Å². The van der Waals surface area contributed by atoms with E-state index in [4.69, 9.17) is 4.74 Å². The van der Waals surface area contributed by atoms with E-state index in [-0.39, 0.29) is 11.8 Å². The van der Waals surface area contributed by atoms with Crippen LogP contribution in [0.15, 0.2) is 48.5 Å². The molecule has 0 unspecified atom stereocenters. The first-order chi connectivity index (χ1) is 12.0. The molecule has 0 fully saturated rings. The highest BCUT2D eigenvalue weighted by molar-refractivity contribution is 6.04. The molecule has 0 spiro atoms. The second-order valence-electron chi connectivity index (χ2n) is 5.38. The minimum atomic E-state index is -0.258. The van der Waals surface area contributed by atoms with Crippen molar-refractivity contribution in [3.8, 4) is 5.75 Å². The lowest BCUT2D eigenvalue weighted by Crippen LogP contribution is -2.20. The molecule has 130 valence electrons. The third-order valence-electron chi connectivity index (χ3n) is 3.68. The number of nitrogens with one attached hydrogen (secondary N) is 2. The number of ether oxygens (including phenoxy) is 1. The summed E-state index contributed by atoms with van der Waals surface area (Å²) >= 11 is 0. The normalized spacial score (nSPS) is 10.5. The molecule has 0 radical (unpaired) electrons. The van der Waals surface area contributed by atoms with Gasteiger partial charge in [-0.05, 0) is 55.3 Å². The fourth-order valence-corrected chi connectivity index (χ4v) is 2.34. The minimum absolute atomic E-state index is 0.182. The molecule has 2 aromatic rings. The highest BCUT2D eigenvalue weighted by Gasteiger charge is 2.10. The fraction of sp³-hybridized carbons (Fsp3) is 0.200. The Hall–Kier alpha value is -3.08. The molecule has 0 atom stereocenters. The van der Waals surface area contributed by atoms with Gasteiger partial charge in [0.05, 0.1) is 6.61 Å². The van der Waals surface area contributed by atoms with Crippen molar-refractivity contribution < 1.29 is 14.3 Å². The van der Waals surface area contributed by atoms with Gasteiger partial charge in [0.1, 0.15) is 5.75 Å². The molecule has 0 aliphatic rings. The second-order valence-corrected chi connectivity index (χ2v) is 5.38. The Bertz CT molecular complexity index is 780. The van der Waals surface area contributed by atoms with E-state index in [2.05, 4.69) is 10.6 Å². The summed E-state index contributed by atoms with van der Waals surface area (Å²) < 4.78 is 5.38. The van der Waals surface area contributed by atoms with Crippen molar-refractivity contribution >= 4 is 23.6 Å². The molecule has 0 saturated carbocycles. The third-order valence-corrected chi connectivity index (χ3v) is 3.68. The summed E-state index contributed by atoms with van der Waals surface area (Å²) in [4.78, 5) is 23.9. The van der Waals surface area contributed by atoms with Crippen molar-refractivity contribution in [1.29, 1.82) is 0 Å². The van der Waals surface area contributed by atoms with Gasteiger partial charge in [-0.15, -0.1) is 0 Å². The maximum atomic E-state index is 12.1. The number of rotatable bonds is 6. The van der Waals surface area contributed by atoms with Gasteiger partial charge in [0, 0.05) is 24.4 Å². The predicted molar refractivity (Wildman–Crippen MR) is 99.8 cm³/mol. The Balaban J connectivity index is 2.06. The molecule has 0 aromatic heterocycles. The van der Waals surface area contributed by atoms with Crippen LogP contribution < -0.4 is 15.4 Å². The van der Waals surface area contributed by atoms with E-state index in [0.717, 1.165) is 16.9 Å². The van der Waals surface area contributed by atoms with Gasteiger partial charge >= 0.3 is 0 Å². The van der Waals surface area contributed by atoms with Crippen LogP contribution in [0.25, 0.3) is 6.08 Å². The quantitative estimate of drug-likeness (QED) is 0.793. The maximum absolute atomic E-state index is 12.1. The summed E-state index contributed by atoms with van der Waals surface area (Å²) in [5, 5.41) is 5.39. The first kappa shape index (κ1) is 18.3. The molecule has 2 N–H and O–H groups in total. The SMILES string of the molecule is CCOc1ccc(/C=C/C(=O)Nc2cccc(C(=O)NC)c2C)cc1. The Morgan fingerprint density at radius 1 is 1.12 bits per heavy atom. The first-order valence-corrected chi connectivity index (χ1v) is 8.08. The summed E-state index contributed by atoms with van der Waals surface area (Å²) in [6, 6.07) is 12.7. The Morgan fingerprint density at radius 3 is 2.48 bits per heavy atom. The molecule has 2 aromatic carbocycles. The van der Waals surface area contributed by atoms with Gasteiger partial charge < -0.3 is 15.4 Å². The van der Waals surface area contributed by atoms with Crippen molar-refractivity contribution in [2.75, 3.05) is 19.0 Å². The Kier molecular flexibility index (Phi) is 6.34. The fourth-order valence-electron chi connectivity index (χ4n) is 2.34. The third kappa shape index (κ3) is 4.94. The van der Waals surface area contributed by atoms with Gasteiger partial charge in [-0.2, -0.15) is 0 Å². The number of hydrogen-bond acceptors (Lipinski definition) is 3. The van der Waals surface area contributed by atoms with Gasteiger partial charge in [-0.25, -0.2) is 0 Å². The topological polar surface area (TPSA) is 67.4 Å². The van der Waals surface area contributed by atoms with Gasteiger partial charge in [0.15, 0.2) is 0 Å². The van der Waals surface area contributed by atoms with Crippen molar-refractivity contribution in [2.24, 2.45) is 0 Å². The number of benzene rings is 2. The molecule has 0 bridgehead atoms. The molecule has 0 saturated heterocycles. The van der Waals surface area contributed by atoms with E-state index in [9.17, 15) is 9.59 Å². The van der Waals surface area contributed by atoms with Crippen LogP contribution in [0.2, 0.25) is 0 Å². The molecule has 0 aliphatic heterocycles. The predicted octanol–water partition coefficient (Wildman–Crippen LogP) is 3.41. The number of amides is 2. The zero-order valence-corrected chi connectivity index (χ0v) is 14.6. The summed E-state index contributed by atoms with van der Waals surface area (Å²) in [6.45, 7) is 4.35. The van der Waals surface area contributed by atoms with Gasteiger partial charge in [0.25, 0.3) is 5.91 Å². The summed E-state index contributed by atoms with van der Waals surface area (Å²) in [7, 11) is 1.58. The summed E-state index contributed by atoms with van der Waals surface area (Å²) in [6.07, 6.45) is 3.19. The summed E-state index contributed by atoms with van der Waals surface area (Å²) in [5.74, 6) is 0.357. The molecule has 2 amide bonds. The van der Waals surface area contributed by atoms with E-state index in [1.54, 1.807) is 38.2 Å². The van der Waals surface area contributed by atoms with Crippen molar-refractivity contribution in [3.05, 3.63) is 65.2 Å². The average Bonchev–Trinajstić information content (AvgIpc) is 2.62. The van der Waals surface area contributed by atoms with Gasteiger partial charge in [-0.3, -0.25) is 9.59 Å².